The molecule has 0 radical (unpaired) electrons. The predicted molar refractivity (Wildman–Crippen MR) is 82.8 cm³/mol. The third kappa shape index (κ3) is 2.84. The zero-order valence-electron chi connectivity index (χ0n) is 12.1. The molecule has 1 saturated heterocycles. The number of sulfonamides is 1. The zero-order chi connectivity index (χ0) is 15.0. The third-order valence-electron chi connectivity index (χ3n) is 3.96. The van der Waals surface area contributed by atoms with Crippen molar-refractivity contribution in [2.75, 3.05) is 31.3 Å². The molecule has 0 spiro atoms. The molecular weight excluding hydrogens is 288 g/mol. The van der Waals surface area contributed by atoms with Gasteiger partial charge in [0.2, 0.25) is 10.0 Å². The lowest BCUT2D eigenvalue weighted by Gasteiger charge is -2.22. The quantitative estimate of drug-likeness (QED) is 0.849. The molecule has 1 unspecified atom stereocenters. The number of hydrogen-bond acceptors (Lipinski definition) is 5. The molecule has 0 saturated carbocycles. The van der Waals surface area contributed by atoms with Gasteiger partial charge in [-0.05, 0) is 18.6 Å². The van der Waals surface area contributed by atoms with E-state index in [1.54, 1.807) is 13.2 Å². The smallest absolute Gasteiger partial charge is 0.211 e. The van der Waals surface area contributed by atoms with Gasteiger partial charge in [0.25, 0.3) is 0 Å². The standard InChI is InChI=1S/C14H18N4O2S/c1-17(21(2,19)20)11-7-8-18(10-11)14-9-15-12-5-3-4-6-13(12)16-14/h3-6,9,11H,7-8,10H2,1-2H3. The zero-order valence-corrected chi connectivity index (χ0v) is 12.9. The van der Waals surface area contributed by atoms with Crippen molar-refractivity contribution >= 4 is 26.9 Å². The van der Waals surface area contributed by atoms with Crippen LogP contribution in [0.3, 0.4) is 0 Å². The first kappa shape index (κ1) is 14.2. The molecule has 2 aromatic rings. The minimum absolute atomic E-state index is 0.00623. The van der Waals surface area contributed by atoms with Gasteiger partial charge in [0.05, 0.1) is 23.5 Å². The van der Waals surface area contributed by atoms with Gasteiger partial charge < -0.3 is 4.90 Å². The van der Waals surface area contributed by atoms with Crippen molar-refractivity contribution in [3.8, 4) is 0 Å². The summed E-state index contributed by atoms with van der Waals surface area (Å²) >= 11 is 0. The molecular formula is C14H18N4O2S. The van der Waals surface area contributed by atoms with Gasteiger partial charge in [0.1, 0.15) is 5.82 Å². The van der Waals surface area contributed by atoms with Gasteiger partial charge in [0.15, 0.2) is 0 Å². The highest BCUT2D eigenvalue weighted by Crippen LogP contribution is 2.23. The summed E-state index contributed by atoms with van der Waals surface area (Å²) in [6.45, 7) is 1.44. The van der Waals surface area contributed by atoms with Crippen LogP contribution in [0.15, 0.2) is 30.5 Å². The lowest BCUT2D eigenvalue weighted by Crippen LogP contribution is -2.38. The van der Waals surface area contributed by atoms with E-state index in [-0.39, 0.29) is 6.04 Å². The van der Waals surface area contributed by atoms with Crippen LogP contribution in [0, 0.1) is 0 Å². The second-order valence-corrected chi connectivity index (χ2v) is 7.43. The number of nitrogens with zero attached hydrogens (tertiary/aromatic N) is 4. The number of benzene rings is 1. The fourth-order valence-electron chi connectivity index (χ4n) is 2.62. The Hall–Kier alpha value is -1.73. The van der Waals surface area contributed by atoms with Gasteiger partial charge >= 0.3 is 0 Å². The van der Waals surface area contributed by atoms with Gasteiger partial charge in [-0.25, -0.2) is 17.7 Å². The van der Waals surface area contributed by atoms with Crippen molar-refractivity contribution in [3.63, 3.8) is 0 Å². The van der Waals surface area contributed by atoms with E-state index in [0.29, 0.717) is 6.54 Å². The Balaban J connectivity index is 1.81. The van der Waals surface area contributed by atoms with Gasteiger partial charge in [-0.3, -0.25) is 4.98 Å². The van der Waals surface area contributed by atoms with Crippen LogP contribution in [0.25, 0.3) is 11.0 Å². The van der Waals surface area contributed by atoms with E-state index in [1.807, 2.05) is 24.3 Å². The SMILES string of the molecule is CN(C1CCN(c2cnc3ccccc3n2)C1)S(C)(=O)=O. The van der Waals surface area contributed by atoms with Crippen LogP contribution < -0.4 is 4.90 Å². The number of anilines is 1. The van der Waals surface area contributed by atoms with E-state index < -0.39 is 10.0 Å². The number of para-hydroxylation sites is 2. The summed E-state index contributed by atoms with van der Waals surface area (Å²) in [4.78, 5) is 11.1. The summed E-state index contributed by atoms with van der Waals surface area (Å²) in [6, 6.07) is 7.72. The highest BCUT2D eigenvalue weighted by Gasteiger charge is 2.30. The first-order valence-electron chi connectivity index (χ1n) is 6.85. The first-order chi connectivity index (χ1) is 9.95. The lowest BCUT2D eigenvalue weighted by molar-refractivity contribution is 0.393. The Morgan fingerprint density at radius 2 is 2.00 bits per heavy atom. The summed E-state index contributed by atoms with van der Waals surface area (Å²) in [6.07, 6.45) is 3.80. The Morgan fingerprint density at radius 3 is 2.71 bits per heavy atom. The molecule has 1 aromatic heterocycles. The molecule has 1 aliphatic rings. The molecule has 3 rings (SSSR count). The third-order valence-corrected chi connectivity index (χ3v) is 5.30. The van der Waals surface area contributed by atoms with Crippen LogP contribution in [-0.2, 0) is 10.0 Å². The molecule has 112 valence electrons. The van der Waals surface area contributed by atoms with Gasteiger partial charge in [-0.1, -0.05) is 12.1 Å². The highest BCUT2D eigenvalue weighted by atomic mass is 32.2. The summed E-state index contributed by atoms with van der Waals surface area (Å²) in [7, 11) is -1.52. The maximum Gasteiger partial charge on any atom is 0.211 e. The van der Waals surface area contributed by atoms with E-state index in [9.17, 15) is 8.42 Å². The van der Waals surface area contributed by atoms with Crippen molar-refractivity contribution in [2.45, 2.75) is 12.5 Å². The Kier molecular flexibility index (Phi) is 3.54. The molecule has 0 bridgehead atoms. The van der Waals surface area contributed by atoms with Crippen LogP contribution in [-0.4, -0.2) is 55.1 Å². The Bertz CT molecular complexity index is 762. The van der Waals surface area contributed by atoms with E-state index in [1.165, 1.54) is 10.6 Å². The van der Waals surface area contributed by atoms with Gasteiger partial charge in [-0.2, -0.15) is 0 Å². The Morgan fingerprint density at radius 1 is 1.29 bits per heavy atom. The number of hydrogen-bond donors (Lipinski definition) is 0. The fourth-order valence-corrected chi connectivity index (χ4v) is 3.33. The summed E-state index contributed by atoms with van der Waals surface area (Å²) < 4.78 is 24.7. The van der Waals surface area contributed by atoms with E-state index >= 15 is 0 Å². The normalized spacial score (nSPS) is 19.6. The minimum Gasteiger partial charge on any atom is -0.354 e. The summed E-state index contributed by atoms with van der Waals surface area (Å²) in [5.74, 6) is 0.804. The van der Waals surface area contributed by atoms with Crippen molar-refractivity contribution in [1.29, 1.82) is 0 Å². The lowest BCUT2D eigenvalue weighted by atomic mass is 10.3. The molecule has 0 N–H and O–H groups in total. The fraction of sp³-hybridized carbons (Fsp3) is 0.429. The monoisotopic (exact) mass is 306 g/mol. The maximum absolute atomic E-state index is 11.6. The highest BCUT2D eigenvalue weighted by molar-refractivity contribution is 7.88. The van der Waals surface area contributed by atoms with Crippen molar-refractivity contribution in [3.05, 3.63) is 30.5 Å². The van der Waals surface area contributed by atoms with Crippen LogP contribution in [0.4, 0.5) is 5.82 Å². The summed E-state index contributed by atoms with van der Waals surface area (Å²) in [5, 5.41) is 0. The van der Waals surface area contributed by atoms with Gasteiger partial charge in [0, 0.05) is 26.2 Å². The van der Waals surface area contributed by atoms with E-state index in [0.717, 1.165) is 29.8 Å². The molecule has 7 heteroatoms. The molecule has 2 heterocycles. The van der Waals surface area contributed by atoms with Gasteiger partial charge in [-0.15, -0.1) is 0 Å². The topological polar surface area (TPSA) is 66.4 Å². The van der Waals surface area contributed by atoms with Crippen LogP contribution in [0.1, 0.15) is 6.42 Å². The molecule has 0 amide bonds. The second-order valence-electron chi connectivity index (χ2n) is 5.38. The van der Waals surface area contributed by atoms with Crippen LogP contribution >= 0.6 is 0 Å². The average Bonchev–Trinajstić information content (AvgIpc) is 2.94. The molecule has 6 nitrogen and oxygen atoms in total. The van der Waals surface area contributed by atoms with E-state index in [2.05, 4.69) is 14.9 Å². The molecule has 1 aliphatic heterocycles. The maximum atomic E-state index is 11.6. The van der Waals surface area contributed by atoms with Crippen molar-refractivity contribution in [2.24, 2.45) is 0 Å². The first-order valence-corrected chi connectivity index (χ1v) is 8.70. The van der Waals surface area contributed by atoms with Crippen LogP contribution in [0.5, 0.6) is 0 Å². The summed E-state index contributed by atoms with van der Waals surface area (Å²) in [5.41, 5.74) is 1.72. The van der Waals surface area contributed by atoms with Crippen molar-refractivity contribution < 1.29 is 8.42 Å². The second kappa shape index (κ2) is 5.23. The van der Waals surface area contributed by atoms with Crippen molar-refractivity contribution in [1.82, 2.24) is 14.3 Å². The number of aromatic nitrogens is 2. The minimum atomic E-state index is -3.16. The Labute approximate surface area is 124 Å². The molecule has 1 atom stereocenters. The van der Waals surface area contributed by atoms with Crippen LogP contribution in [0.2, 0.25) is 0 Å². The number of likely N-dealkylation sites (N-methyl/N-ethyl adjacent to an activating group) is 1. The average molecular weight is 306 g/mol. The number of rotatable bonds is 3. The molecule has 1 aromatic carbocycles. The predicted octanol–water partition coefficient (Wildman–Crippen LogP) is 1.10. The molecule has 1 fully saturated rings. The number of fused-ring (bicyclic) bond motifs is 1. The molecule has 21 heavy (non-hydrogen) atoms. The molecule has 0 aliphatic carbocycles. The van der Waals surface area contributed by atoms with E-state index in [4.69, 9.17) is 0 Å². The largest absolute Gasteiger partial charge is 0.354 e.